The van der Waals surface area contributed by atoms with Crippen molar-refractivity contribution < 1.29 is 4.79 Å². The summed E-state index contributed by atoms with van der Waals surface area (Å²) in [7, 11) is 4.10. The van der Waals surface area contributed by atoms with Crippen LogP contribution in [0.5, 0.6) is 0 Å². The van der Waals surface area contributed by atoms with Gasteiger partial charge in [-0.1, -0.05) is 24.3 Å². The van der Waals surface area contributed by atoms with Crippen molar-refractivity contribution in [3.8, 4) is 0 Å². The Balaban J connectivity index is 1.97. The van der Waals surface area contributed by atoms with E-state index >= 15 is 0 Å². The van der Waals surface area contributed by atoms with Crippen LogP contribution in [0.4, 0.5) is 0 Å². The molecule has 1 heterocycles. The van der Waals surface area contributed by atoms with Crippen LogP contribution in [-0.4, -0.2) is 44.0 Å². The van der Waals surface area contributed by atoms with Crippen molar-refractivity contribution in [1.82, 2.24) is 15.5 Å². The number of rotatable bonds is 5. The molecule has 4 nitrogen and oxygen atoms in total. The predicted molar refractivity (Wildman–Crippen MR) is 81.7 cm³/mol. The Morgan fingerprint density at radius 2 is 2.20 bits per heavy atom. The van der Waals surface area contributed by atoms with Crippen LogP contribution in [-0.2, 0) is 11.2 Å². The summed E-state index contributed by atoms with van der Waals surface area (Å²) in [6.07, 6.45) is 1.96. The van der Waals surface area contributed by atoms with E-state index in [1.807, 2.05) is 26.2 Å². The number of fused-ring (bicyclic) bond motifs is 1. The Hall–Kier alpha value is -1.39. The standard InChI is InChI=1S/C16H25N3O/c1-12(9-11-19(2)3)18-16(20)15-14-7-5-4-6-13(14)8-10-17-15/h4-7,12,15,17H,8-11H2,1-3H3,(H,18,20). The highest BCUT2D eigenvalue weighted by molar-refractivity contribution is 5.84. The van der Waals surface area contributed by atoms with Crippen LogP contribution in [0.15, 0.2) is 24.3 Å². The maximum absolute atomic E-state index is 12.4. The quantitative estimate of drug-likeness (QED) is 0.852. The lowest BCUT2D eigenvalue weighted by Gasteiger charge is -2.27. The summed E-state index contributed by atoms with van der Waals surface area (Å²) in [5.41, 5.74) is 2.41. The van der Waals surface area contributed by atoms with Gasteiger partial charge in [0.2, 0.25) is 5.91 Å². The molecule has 1 aliphatic rings. The van der Waals surface area contributed by atoms with Gasteiger partial charge in [0.05, 0.1) is 0 Å². The zero-order chi connectivity index (χ0) is 14.5. The molecule has 1 aliphatic heterocycles. The average molecular weight is 275 g/mol. The molecule has 2 atom stereocenters. The maximum atomic E-state index is 12.4. The second-order valence-electron chi connectivity index (χ2n) is 5.84. The maximum Gasteiger partial charge on any atom is 0.241 e. The molecule has 2 rings (SSSR count). The first-order valence-electron chi connectivity index (χ1n) is 7.34. The summed E-state index contributed by atoms with van der Waals surface area (Å²) in [4.78, 5) is 14.6. The Morgan fingerprint density at radius 3 is 2.95 bits per heavy atom. The van der Waals surface area contributed by atoms with Gasteiger partial charge < -0.3 is 15.5 Å². The zero-order valence-electron chi connectivity index (χ0n) is 12.6. The molecule has 1 aromatic carbocycles. The topological polar surface area (TPSA) is 44.4 Å². The first-order chi connectivity index (χ1) is 9.58. The van der Waals surface area contributed by atoms with Gasteiger partial charge in [-0.05, 0) is 51.5 Å². The van der Waals surface area contributed by atoms with E-state index in [4.69, 9.17) is 0 Å². The predicted octanol–water partition coefficient (Wildman–Crippen LogP) is 1.33. The van der Waals surface area contributed by atoms with Crippen LogP contribution in [0.2, 0.25) is 0 Å². The number of benzene rings is 1. The molecular weight excluding hydrogens is 250 g/mol. The minimum absolute atomic E-state index is 0.0865. The number of amides is 1. The summed E-state index contributed by atoms with van der Waals surface area (Å²) in [6, 6.07) is 8.20. The minimum atomic E-state index is -0.207. The first kappa shape index (κ1) is 15.0. The number of carbonyl (C=O) groups is 1. The van der Waals surface area contributed by atoms with Crippen molar-refractivity contribution in [2.24, 2.45) is 0 Å². The summed E-state index contributed by atoms with van der Waals surface area (Å²) < 4.78 is 0. The largest absolute Gasteiger partial charge is 0.352 e. The molecular formula is C16H25N3O. The van der Waals surface area contributed by atoms with Crippen LogP contribution in [0, 0.1) is 0 Å². The lowest BCUT2D eigenvalue weighted by Crippen LogP contribution is -2.44. The van der Waals surface area contributed by atoms with E-state index < -0.39 is 0 Å². The third-order valence-corrected chi connectivity index (χ3v) is 3.77. The van der Waals surface area contributed by atoms with Gasteiger partial charge in [-0.25, -0.2) is 0 Å². The number of nitrogens with zero attached hydrogens (tertiary/aromatic N) is 1. The molecule has 0 radical (unpaired) electrons. The smallest absolute Gasteiger partial charge is 0.241 e. The summed E-state index contributed by atoms with van der Waals surface area (Å²) in [5, 5.41) is 6.44. The average Bonchev–Trinajstić information content (AvgIpc) is 2.44. The van der Waals surface area contributed by atoms with Crippen molar-refractivity contribution in [3.05, 3.63) is 35.4 Å². The van der Waals surface area contributed by atoms with E-state index in [0.29, 0.717) is 0 Å². The van der Waals surface area contributed by atoms with Gasteiger partial charge in [0.1, 0.15) is 6.04 Å². The van der Waals surface area contributed by atoms with Crippen LogP contribution < -0.4 is 10.6 Å². The number of hydrogen-bond donors (Lipinski definition) is 2. The minimum Gasteiger partial charge on any atom is -0.352 e. The fraction of sp³-hybridized carbons (Fsp3) is 0.562. The van der Waals surface area contributed by atoms with Gasteiger partial charge in [0, 0.05) is 12.6 Å². The van der Waals surface area contributed by atoms with Crippen LogP contribution >= 0.6 is 0 Å². The van der Waals surface area contributed by atoms with Crippen molar-refractivity contribution in [1.29, 1.82) is 0 Å². The van der Waals surface area contributed by atoms with Crippen molar-refractivity contribution in [3.63, 3.8) is 0 Å². The molecule has 0 fully saturated rings. The highest BCUT2D eigenvalue weighted by Gasteiger charge is 2.26. The molecule has 0 bridgehead atoms. The summed E-state index contributed by atoms with van der Waals surface area (Å²) >= 11 is 0. The molecule has 0 saturated heterocycles. The third-order valence-electron chi connectivity index (χ3n) is 3.77. The number of nitrogens with one attached hydrogen (secondary N) is 2. The molecule has 2 N–H and O–H groups in total. The van der Waals surface area contributed by atoms with Crippen LogP contribution in [0.1, 0.15) is 30.5 Å². The van der Waals surface area contributed by atoms with E-state index in [1.54, 1.807) is 0 Å². The number of carbonyl (C=O) groups excluding carboxylic acids is 1. The third kappa shape index (κ3) is 3.81. The monoisotopic (exact) mass is 275 g/mol. The highest BCUT2D eigenvalue weighted by atomic mass is 16.2. The summed E-state index contributed by atoms with van der Waals surface area (Å²) in [6.45, 7) is 3.91. The van der Waals surface area contributed by atoms with Crippen LogP contribution in [0.25, 0.3) is 0 Å². The normalized spacial score (nSPS) is 19.5. The SMILES string of the molecule is CC(CCN(C)C)NC(=O)C1NCCc2ccccc21. The first-order valence-corrected chi connectivity index (χ1v) is 7.34. The molecule has 0 aliphatic carbocycles. The van der Waals surface area contributed by atoms with E-state index in [9.17, 15) is 4.79 Å². The van der Waals surface area contributed by atoms with Gasteiger partial charge in [0.25, 0.3) is 0 Å². The Kier molecular flexibility index (Phi) is 5.15. The second-order valence-corrected chi connectivity index (χ2v) is 5.84. The van der Waals surface area contributed by atoms with E-state index in [2.05, 4.69) is 34.6 Å². The lowest BCUT2D eigenvalue weighted by molar-refractivity contribution is -0.124. The van der Waals surface area contributed by atoms with Gasteiger partial charge in [0.15, 0.2) is 0 Å². The Morgan fingerprint density at radius 1 is 1.45 bits per heavy atom. The fourth-order valence-electron chi connectivity index (χ4n) is 2.59. The Labute approximate surface area is 121 Å². The van der Waals surface area contributed by atoms with Gasteiger partial charge in [-0.2, -0.15) is 0 Å². The molecule has 0 aromatic heterocycles. The zero-order valence-corrected chi connectivity index (χ0v) is 12.6. The van der Waals surface area contributed by atoms with E-state index in [1.165, 1.54) is 5.56 Å². The van der Waals surface area contributed by atoms with Crippen LogP contribution in [0.3, 0.4) is 0 Å². The highest BCUT2D eigenvalue weighted by Crippen LogP contribution is 2.22. The van der Waals surface area contributed by atoms with E-state index in [-0.39, 0.29) is 18.0 Å². The summed E-state index contributed by atoms with van der Waals surface area (Å²) in [5.74, 6) is 0.0865. The van der Waals surface area contributed by atoms with Crippen molar-refractivity contribution in [2.45, 2.75) is 31.8 Å². The lowest BCUT2D eigenvalue weighted by atomic mass is 9.94. The molecule has 20 heavy (non-hydrogen) atoms. The van der Waals surface area contributed by atoms with Crippen molar-refractivity contribution in [2.75, 3.05) is 27.2 Å². The molecule has 0 spiro atoms. The van der Waals surface area contributed by atoms with E-state index in [0.717, 1.165) is 31.5 Å². The molecule has 2 unspecified atom stereocenters. The molecule has 0 saturated carbocycles. The van der Waals surface area contributed by atoms with Crippen molar-refractivity contribution >= 4 is 5.91 Å². The molecule has 4 heteroatoms. The van der Waals surface area contributed by atoms with Gasteiger partial charge in [-0.3, -0.25) is 4.79 Å². The number of hydrogen-bond acceptors (Lipinski definition) is 3. The molecule has 1 aromatic rings. The Bertz CT molecular complexity index is 459. The fourth-order valence-corrected chi connectivity index (χ4v) is 2.59. The second kappa shape index (κ2) is 6.86. The van der Waals surface area contributed by atoms with Gasteiger partial charge in [-0.15, -0.1) is 0 Å². The van der Waals surface area contributed by atoms with Gasteiger partial charge >= 0.3 is 0 Å². The molecule has 110 valence electrons. The molecule has 1 amide bonds.